The maximum atomic E-state index is 8.65. The molecule has 2 rings (SSSR count). The fourth-order valence-electron chi connectivity index (χ4n) is 1.63. The fraction of sp³-hybridized carbons (Fsp3) is 0.467. The van der Waals surface area contributed by atoms with Crippen LogP contribution in [0.15, 0.2) is 24.3 Å². The van der Waals surface area contributed by atoms with E-state index < -0.39 is 0 Å². The number of hydrogen-bond donors (Lipinski definition) is 1. The van der Waals surface area contributed by atoms with Crippen LogP contribution in [0.5, 0.6) is 5.75 Å². The maximum absolute atomic E-state index is 8.65. The van der Waals surface area contributed by atoms with Gasteiger partial charge in [0, 0.05) is 12.0 Å². The summed E-state index contributed by atoms with van der Waals surface area (Å²) in [5, 5.41) is 8.65. The van der Waals surface area contributed by atoms with Crippen molar-refractivity contribution >= 4 is 0 Å². The molecule has 1 saturated carbocycles. The molecular formula is C15H18O2. The second-order valence-electron chi connectivity index (χ2n) is 4.38. The monoisotopic (exact) mass is 230 g/mol. The fourth-order valence-corrected chi connectivity index (χ4v) is 1.63. The molecule has 1 aromatic carbocycles. The van der Waals surface area contributed by atoms with Crippen LogP contribution in [0.25, 0.3) is 0 Å². The molecular weight excluding hydrogens is 212 g/mol. The van der Waals surface area contributed by atoms with Gasteiger partial charge >= 0.3 is 0 Å². The third-order valence-corrected chi connectivity index (χ3v) is 2.80. The molecule has 0 unspecified atom stereocenters. The number of benzene rings is 1. The topological polar surface area (TPSA) is 29.5 Å². The van der Waals surface area contributed by atoms with E-state index in [4.69, 9.17) is 9.84 Å². The van der Waals surface area contributed by atoms with Crippen molar-refractivity contribution < 1.29 is 9.84 Å². The maximum Gasteiger partial charge on any atom is 0.120 e. The smallest absolute Gasteiger partial charge is 0.120 e. The average molecular weight is 230 g/mol. The van der Waals surface area contributed by atoms with Gasteiger partial charge in [0.15, 0.2) is 0 Å². The summed E-state index contributed by atoms with van der Waals surface area (Å²) >= 11 is 0. The summed E-state index contributed by atoms with van der Waals surface area (Å²) in [5.74, 6) is 7.71. The predicted octanol–water partition coefficient (Wildman–Crippen LogP) is 2.60. The molecule has 0 heterocycles. The zero-order valence-electron chi connectivity index (χ0n) is 9.98. The molecule has 1 fully saturated rings. The second kappa shape index (κ2) is 6.32. The van der Waals surface area contributed by atoms with E-state index in [1.807, 2.05) is 24.3 Å². The predicted molar refractivity (Wildman–Crippen MR) is 67.9 cm³/mol. The van der Waals surface area contributed by atoms with Gasteiger partial charge in [0.05, 0.1) is 13.2 Å². The summed E-state index contributed by atoms with van der Waals surface area (Å²) in [5.41, 5.74) is 0.947. The minimum absolute atomic E-state index is 0.116. The Bertz CT molecular complexity index is 410. The first-order valence-electron chi connectivity index (χ1n) is 6.21. The summed E-state index contributed by atoms with van der Waals surface area (Å²) in [6, 6.07) is 7.83. The normalized spacial score (nSPS) is 13.9. The van der Waals surface area contributed by atoms with Crippen molar-refractivity contribution in [2.75, 3.05) is 13.2 Å². The van der Waals surface area contributed by atoms with Crippen LogP contribution >= 0.6 is 0 Å². The zero-order chi connectivity index (χ0) is 11.9. The molecule has 0 spiro atoms. The van der Waals surface area contributed by atoms with Gasteiger partial charge in [-0.3, -0.25) is 0 Å². The minimum Gasteiger partial charge on any atom is -0.494 e. The Kier molecular flexibility index (Phi) is 4.46. The minimum atomic E-state index is 0.116. The van der Waals surface area contributed by atoms with Gasteiger partial charge in [-0.1, -0.05) is 30.7 Å². The lowest BCUT2D eigenvalue weighted by atomic mass is 10.2. The molecule has 90 valence electrons. The first kappa shape index (κ1) is 12.0. The Hall–Kier alpha value is -1.46. The zero-order valence-corrected chi connectivity index (χ0v) is 9.98. The summed E-state index contributed by atoms with van der Waals surface area (Å²) < 4.78 is 5.69. The van der Waals surface area contributed by atoms with Crippen LogP contribution in [-0.4, -0.2) is 18.3 Å². The molecule has 2 heteroatoms. The van der Waals surface area contributed by atoms with Crippen LogP contribution in [0.3, 0.4) is 0 Å². The first-order chi connectivity index (χ1) is 8.38. The third-order valence-electron chi connectivity index (χ3n) is 2.80. The van der Waals surface area contributed by atoms with E-state index in [2.05, 4.69) is 11.8 Å². The number of ether oxygens (including phenoxy) is 1. The second-order valence-corrected chi connectivity index (χ2v) is 4.38. The molecule has 1 aliphatic rings. The summed E-state index contributed by atoms with van der Waals surface area (Å²) in [6.45, 7) is 0.919. The van der Waals surface area contributed by atoms with Gasteiger partial charge in [-0.05, 0) is 30.5 Å². The van der Waals surface area contributed by atoms with Gasteiger partial charge in [-0.2, -0.15) is 0 Å². The van der Waals surface area contributed by atoms with Crippen molar-refractivity contribution in [2.45, 2.75) is 25.7 Å². The lowest BCUT2D eigenvalue weighted by Gasteiger charge is -2.05. The number of aliphatic hydroxyl groups is 1. The van der Waals surface area contributed by atoms with Crippen molar-refractivity contribution in [1.29, 1.82) is 0 Å². The highest BCUT2D eigenvalue weighted by Crippen LogP contribution is 2.32. The third kappa shape index (κ3) is 4.50. The van der Waals surface area contributed by atoms with Crippen LogP contribution in [-0.2, 0) is 0 Å². The van der Waals surface area contributed by atoms with E-state index in [0.29, 0.717) is 6.42 Å². The van der Waals surface area contributed by atoms with Crippen molar-refractivity contribution in [1.82, 2.24) is 0 Å². The van der Waals surface area contributed by atoms with E-state index in [0.717, 1.165) is 23.8 Å². The Morgan fingerprint density at radius 2 is 2.24 bits per heavy atom. The van der Waals surface area contributed by atoms with Crippen LogP contribution in [0.2, 0.25) is 0 Å². The van der Waals surface area contributed by atoms with E-state index in [9.17, 15) is 0 Å². The Labute approximate surface area is 103 Å². The molecule has 0 saturated heterocycles. The largest absolute Gasteiger partial charge is 0.494 e. The molecule has 0 bridgehead atoms. The van der Waals surface area contributed by atoms with Crippen LogP contribution in [0, 0.1) is 17.8 Å². The molecule has 1 aliphatic carbocycles. The summed E-state index contributed by atoms with van der Waals surface area (Å²) in [7, 11) is 0. The molecule has 0 aliphatic heterocycles. The van der Waals surface area contributed by atoms with E-state index in [1.54, 1.807) is 0 Å². The van der Waals surface area contributed by atoms with Gasteiger partial charge in [-0.15, -0.1) is 0 Å². The van der Waals surface area contributed by atoms with Gasteiger partial charge in [0.25, 0.3) is 0 Å². The highest BCUT2D eigenvalue weighted by atomic mass is 16.5. The number of hydrogen-bond acceptors (Lipinski definition) is 2. The molecule has 0 amide bonds. The van der Waals surface area contributed by atoms with Crippen molar-refractivity contribution in [3.8, 4) is 17.6 Å². The molecule has 1 N–H and O–H groups in total. The standard InChI is InChI=1S/C15H18O2/c16-10-2-1-4-14-5-3-6-15(12-14)17-11-9-13-7-8-13/h3,5-6,12-13,16H,2,7-11H2. The molecule has 0 radical (unpaired) electrons. The van der Waals surface area contributed by atoms with Gasteiger partial charge < -0.3 is 9.84 Å². The van der Waals surface area contributed by atoms with Crippen LogP contribution < -0.4 is 4.74 Å². The Morgan fingerprint density at radius 1 is 1.35 bits per heavy atom. The first-order valence-corrected chi connectivity index (χ1v) is 6.21. The molecule has 17 heavy (non-hydrogen) atoms. The lowest BCUT2D eigenvalue weighted by Crippen LogP contribution is -1.98. The quantitative estimate of drug-likeness (QED) is 0.788. The van der Waals surface area contributed by atoms with Gasteiger partial charge in [0.1, 0.15) is 5.75 Å². The van der Waals surface area contributed by atoms with Crippen LogP contribution in [0.1, 0.15) is 31.2 Å². The van der Waals surface area contributed by atoms with Crippen molar-refractivity contribution in [3.05, 3.63) is 29.8 Å². The molecule has 0 atom stereocenters. The average Bonchev–Trinajstić information content (AvgIpc) is 3.14. The summed E-state index contributed by atoms with van der Waals surface area (Å²) in [6.07, 6.45) is 4.43. The van der Waals surface area contributed by atoms with Crippen molar-refractivity contribution in [3.63, 3.8) is 0 Å². The van der Waals surface area contributed by atoms with Crippen molar-refractivity contribution in [2.24, 2.45) is 5.92 Å². The van der Waals surface area contributed by atoms with E-state index >= 15 is 0 Å². The molecule has 0 aromatic heterocycles. The van der Waals surface area contributed by atoms with Gasteiger partial charge in [-0.25, -0.2) is 0 Å². The Morgan fingerprint density at radius 3 is 3.00 bits per heavy atom. The van der Waals surface area contributed by atoms with Gasteiger partial charge in [0.2, 0.25) is 0 Å². The lowest BCUT2D eigenvalue weighted by molar-refractivity contribution is 0.302. The number of aliphatic hydroxyl groups excluding tert-OH is 1. The van der Waals surface area contributed by atoms with Crippen LogP contribution in [0.4, 0.5) is 0 Å². The molecule has 1 aromatic rings. The summed E-state index contributed by atoms with van der Waals surface area (Å²) in [4.78, 5) is 0. The van der Waals surface area contributed by atoms with E-state index in [-0.39, 0.29) is 6.61 Å². The highest BCUT2D eigenvalue weighted by Gasteiger charge is 2.20. The highest BCUT2D eigenvalue weighted by molar-refractivity contribution is 5.39. The SMILES string of the molecule is OCCC#Cc1cccc(OCCC2CC2)c1. The number of rotatable bonds is 5. The van der Waals surface area contributed by atoms with E-state index in [1.165, 1.54) is 19.3 Å². The molecule has 2 nitrogen and oxygen atoms in total. The Balaban J connectivity index is 1.84.